The molecule has 2 aromatic heterocycles. The van der Waals surface area contributed by atoms with Crippen LogP contribution in [0.5, 0.6) is 0 Å². The van der Waals surface area contributed by atoms with E-state index in [0.29, 0.717) is 5.56 Å². The van der Waals surface area contributed by atoms with Crippen molar-refractivity contribution in [3.8, 4) is 5.00 Å². The molecule has 4 rings (SSSR count). The first-order valence-corrected chi connectivity index (χ1v) is 11.2. The van der Waals surface area contributed by atoms with E-state index in [1.807, 2.05) is 44.3 Å². The first-order valence-electron chi connectivity index (χ1n) is 9.33. The van der Waals surface area contributed by atoms with E-state index in [1.54, 1.807) is 11.3 Å². The number of rotatable bonds is 4. The quantitative estimate of drug-likeness (QED) is 0.346. The minimum Gasteiger partial charge on any atom is -0.478 e. The summed E-state index contributed by atoms with van der Waals surface area (Å²) in [5, 5.41) is 10.7. The second kappa shape index (κ2) is 7.83. The molecule has 0 saturated heterocycles. The van der Waals surface area contributed by atoms with Crippen molar-refractivity contribution in [2.45, 2.75) is 39.5 Å². The van der Waals surface area contributed by atoms with E-state index in [4.69, 9.17) is 0 Å². The monoisotopic (exact) mass is 504 g/mol. The average molecular weight is 504 g/mol. The zero-order chi connectivity index (χ0) is 19.8. The van der Waals surface area contributed by atoms with Crippen LogP contribution in [0.25, 0.3) is 5.00 Å². The fourth-order valence-corrected chi connectivity index (χ4v) is 5.87. The molecule has 1 N–H and O–H groups in total. The van der Waals surface area contributed by atoms with Crippen LogP contribution in [0, 0.1) is 17.4 Å². The van der Waals surface area contributed by atoms with Crippen LogP contribution in [0.3, 0.4) is 0 Å². The van der Waals surface area contributed by atoms with Gasteiger partial charge in [0, 0.05) is 31.6 Å². The normalized spacial score (nSPS) is 13.8. The van der Waals surface area contributed by atoms with Crippen LogP contribution in [-0.4, -0.2) is 21.9 Å². The van der Waals surface area contributed by atoms with Crippen molar-refractivity contribution in [1.82, 2.24) is 4.57 Å². The number of carboxylic acid groups (broad SMARTS) is 1. The summed E-state index contributed by atoms with van der Waals surface area (Å²) in [4.78, 5) is 18.0. The number of aromatic carboxylic acids is 1. The number of carbonyl (C=O) groups is 1. The van der Waals surface area contributed by atoms with Crippen LogP contribution >= 0.6 is 33.9 Å². The number of halogens is 1. The molecule has 0 bridgehead atoms. The van der Waals surface area contributed by atoms with Gasteiger partial charge in [0.1, 0.15) is 5.00 Å². The Labute approximate surface area is 182 Å². The Kier molecular flexibility index (Phi) is 5.42. The van der Waals surface area contributed by atoms with Gasteiger partial charge in [-0.15, -0.1) is 11.3 Å². The zero-order valence-electron chi connectivity index (χ0n) is 15.8. The molecule has 0 atom stereocenters. The Morgan fingerprint density at radius 3 is 2.75 bits per heavy atom. The molecular formula is C22H21IN2O2S. The highest BCUT2D eigenvalue weighted by Gasteiger charge is 2.27. The van der Waals surface area contributed by atoms with E-state index in [9.17, 15) is 9.90 Å². The van der Waals surface area contributed by atoms with Crippen LogP contribution in [0.15, 0.2) is 35.3 Å². The Balaban J connectivity index is 1.80. The van der Waals surface area contributed by atoms with E-state index in [1.165, 1.54) is 4.88 Å². The summed E-state index contributed by atoms with van der Waals surface area (Å²) in [5.74, 6) is -0.823. The number of benzene rings is 1. The van der Waals surface area contributed by atoms with E-state index in [0.717, 1.165) is 62.5 Å². The number of hydrogen-bond acceptors (Lipinski definition) is 3. The van der Waals surface area contributed by atoms with Crippen LogP contribution in [0.2, 0.25) is 0 Å². The van der Waals surface area contributed by atoms with Gasteiger partial charge in [-0.05, 0) is 85.9 Å². The van der Waals surface area contributed by atoms with Gasteiger partial charge >= 0.3 is 5.97 Å². The Morgan fingerprint density at radius 2 is 2.00 bits per heavy atom. The number of nitrogens with zero attached hydrogens (tertiary/aromatic N) is 2. The highest BCUT2D eigenvalue weighted by molar-refractivity contribution is 14.1. The largest absolute Gasteiger partial charge is 0.478 e. The smallest absolute Gasteiger partial charge is 0.339 e. The van der Waals surface area contributed by atoms with Gasteiger partial charge in [-0.25, -0.2) is 4.79 Å². The highest BCUT2D eigenvalue weighted by atomic mass is 127. The lowest BCUT2D eigenvalue weighted by molar-refractivity contribution is 0.0696. The van der Waals surface area contributed by atoms with Crippen LogP contribution in [0.4, 0.5) is 5.69 Å². The Hall–Kier alpha value is -1.93. The third-order valence-electron chi connectivity index (χ3n) is 5.24. The molecular weight excluding hydrogens is 483 g/mol. The van der Waals surface area contributed by atoms with E-state index < -0.39 is 5.97 Å². The van der Waals surface area contributed by atoms with E-state index >= 15 is 0 Å². The molecule has 6 heteroatoms. The first-order chi connectivity index (χ1) is 13.5. The molecule has 28 heavy (non-hydrogen) atoms. The van der Waals surface area contributed by atoms with Crippen molar-refractivity contribution in [1.29, 1.82) is 0 Å². The maximum absolute atomic E-state index is 12.1. The van der Waals surface area contributed by atoms with Gasteiger partial charge in [-0.1, -0.05) is 12.1 Å². The second-order valence-electron chi connectivity index (χ2n) is 7.07. The predicted octanol–water partition coefficient (Wildman–Crippen LogP) is 6.09. The van der Waals surface area contributed by atoms with Crippen molar-refractivity contribution in [3.63, 3.8) is 0 Å². The molecule has 1 aliphatic rings. The fraction of sp³-hybridized carbons (Fsp3) is 0.273. The lowest BCUT2D eigenvalue weighted by atomic mass is 9.95. The minimum absolute atomic E-state index is 0.489. The second-order valence-corrected chi connectivity index (χ2v) is 9.31. The number of para-hydroxylation sites is 1. The molecule has 1 aromatic carbocycles. The summed E-state index contributed by atoms with van der Waals surface area (Å²) in [6.45, 7) is 4.07. The van der Waals surface area contributed by atoms with Gasteiger partial charge < -0.3 is 9.67 Å². The SMILES string of the molecule is Cc1cc(C=Nc2ccccc2I)c(C)n1-c1sc2c(c1C(=O)O)CCCC2. The number of carboxylic acids is 1. The van der Waals surface area contributed by atoms with Gasteiger partial charge in [0.05, 0.1) is 11.3 Å². The number of aryl methyl sites for hydroxylation is 2. The van der Waals surface area contributed by atoms with Crippen LogP contribution < -0.4 is 0 Å². The van der Waals surface area contributed by atoms with Crippen molar-refractivity contribution < 1.29 is 9.90 Å². The third kappa shape index (κ3) is 3.43. The number of thiophene rings is 1. The summed E-state index contributed by atoms with van der Waals surface area (Å²) in [7, 11) is 0. The molecule has 2 heterocycles. The summed E-state index contributed by atoms with van der Waals surface area (Å²) in [5.41, 5.74) is 5.53. The molecule has 0 aliphatic heterocycles. The van der Waals surface area contributed by atoms with Crippen molar-refractivity contribution in [2.24, 2.45) is 4.99 Å². The first kappa shape index (κ1) is 19.4. The standard InChI is InChI=1S/C22H21IN2O2S/c1-13-11-15(12-24-18-9-5-4-8-17(18)23)14(2)25(13)21-20(22(26)27)16-7-3-6-10-19(16)28-21/h4-5,8-9,11-12H,3,6-7,10H2,1-2H3,(H,26,27). The van der Waals surface area contributed by atoms with Crippen molar-refractivity contribution in [2.75, 3.05) is 0 Å². The Morgan fingerprint density at radius 1 is 1.25 bits per heavy atom. The van der Waals surface area contributed by atoms with Gasteiger partial charge in [0.15, 0.2) is 0 Å². The molecule has 0 amide bonds. The molecule has 1 aliphatic carbocycles. The number of fused-ring (bicyclic) bond motifs is 1. The average Bonchev–Trinajstić information content (AvgIpc) is 3.17. The van der Waals surface area contributed by atoms with E-state index in [2.05, 4.69) is 38.2 Å². The minimum atomic E-state index is -0.823. The molecule has 0 fully saturated rings. The van der Waals surface area contributed by atoms with Crippen molar-refractivity contribution in [3.05, 3.63) is 66.9 Å². The summed E-state index contributed by atoms with van der Waals surface area (Å²) < 4.78 is 3.19. The number of aliphatic imine (C=N–C) groups is 1. The lowest BCUT2D eigenvalue weighted by Crippen LogP contribution is -2.09. The van der Waals surface area contributed by atoms with Crippen LogP contribution in [0.1, 0.15) is 50.6 Å². The topological polar surface area (TPSA) is 54.6 Å². The summed E-state index contributed by atoms with van der Waals surface area (Å²) in [6.07, 6.45) is 5.95. The van der Waals surface area contributed by atoms with Gasteiger partial charge in [0.25, 0.3) is 0 Å². The molecule has 144 valence electrons. The number of aromatic nitrogens is 1. The molecule has 0 spiro atoms. The number of hydrogen-bond donors (Lipinski definition) is 1. The van der Waals surface area contributed by atoms with Gasteiger partial charge in [0.2, 0.25) is 0 Å². The lowest BCUT2D eigenvalue weighted by Gasteiger charge is -2.11. The molecule has 0 radical (unpaired) electrons. The zero-order valence-corrected chi connectivity index (χ0v) is 18.8. The predicted molar refractivity (Wildman–Crippen MR) is 123 cm³/mol. The van der Waals surface area contributed by atoms with Gasteiger partial charge in [-0.3, -0.25) is 4.99 Å². The summed E-state index contributed by atoms with van der Waals surface area (Å²) in [6, 6.07) is 10.1. The molecule has 0 saturated carbocycles. The molecule has 3 aromatic rings. The van der Waals surface area contributed by atoms with Gasteiger partial charge in [-0.2, -0.15) is 0 Å². The third-order valence-corrected chi connectivity index (χ3v) is 7.42. The molecule has 0 unspecified atom stereocenters. The maximum Gasteiger partial charge on any atom is 0.339 e. The highest BCUT2D eigenvalue weighted by Crippen LogP contribution is 2.38. The fourth-order valence-electron chi connectivity index (χ4n) is 3.86. The van der Waals surface area contributed by atoms with E-state index in [-0.39, 0.29) is 0 Å². The van der Waals surface area contributed by atoms with Crippen LogP contribution in [-0.2, 0) is 12.8 Å². The summed E-state index contributed by atoms with van der Waals surface area (Å²) >= 11 is 3.92. The van der Waals surface area contributed by atoms with Crippen molar-refractivity contribution >= 4 is 51.8 Å². The molecule has 4 nitrogen and oxygen atoms in total. The maximum atomic E-state index is 12.1. The Bertz CT molecular complexity index is 1090.